The summed E-state index contributed by atoms with van der Waals surface area (Å²) < 4.78 is 3.34. The standard InChI is InChI=1S/C13H13N5O2S/c19-11(7-10-8-17-5-6-21-13(17)16-10)15-3-4-18-9-14-2-1-12(18)20/h1-2,5-6,8-9H,3-4,7H2,(H,15,19). The van der Waals surface area contributed by atoms with Crippen LogP contribution in [0.4, 0.5) is 0 Å². The highest BCUT2D eigenvalue weighted by molar-refractivity contribution is 7.15. The zero-order valence-corrected chi connectivity index (χ0v) is 11.9. The molecule has 0 aliphatic rings. The van der Waals surface area contributed by atoms with E-state index in [4.69, 9.17) is 0 Å². The number of carbonyl (C=O) groups is 1. The quantitative estimate of drug-likeness (QED) is 0.735. The van der Waals surface area contributed by atoms with Crippen molar-refractivity contribution in [1.29, 1.82) is 0 Å². The van der Waals surface area contributed by atoms with Gasteiger partial charge >= 0.3 is 0 Å². The lowest BCUT2D eigenvalue weighted by Gasteiger charge is -2.05. The predicted molar refractivity (Wildman–Crippen MR) is 78.3 cm³/mol. The number of fused-ring (bicyclic) bond motifs is 1. The van der Waals surface area contributed by atoms with Crippen LogP contribution in [0.1, 0.15) is 5.69 Å². The number of nitrogens with one attached hydrogen (secondary N) is 1. The van der Waals surface area contributed by atoms with Gasteiger partial charge in [-0.3, -0.25) is 18.6 Å². The van der Waals surface area contributed by atoms with Crippen molar-refractivity contribution in [3.8, 4) is 0 Å². The second kappa shape index (κ2) is 5.88. The van der Waals surface area contributed by atoms with Crippen LogP contribution in [0.2, 0.25) is 0 Å². The Balaban J connectivity index is 1.51. The largest absolute Gasteiger partial charge is 0.354 e. The Morgan fingerprint density at radius 1 is 1.43 bits per heavy atom. The molecule has 0 saturated heterocycles. The molecule has 0 saturated carbocycles. The fourth-order valence-electron chi connectivity index (χ4n) is 1.95. The molecule has 0 spiro atoms. The first kappa shape index (κ1) is 13.5. The van der Waals surface area contributed by atoms with E-state index in [1.54, 1.807) is 0 Å². The van der Waals surface area contributed by atoms with Crippen LogP contribution in [-0.2, 0) is 17.8 Å². The van der Waals surface area contributed by atoms with Crippen molar-refractivity contribution >= 4 is 22.2 Å². The van der Waals surface area contributed by atoms with Gasteiger partial charge in [0.15, 0.2) is 4.96 Å². The minimum atomic E-state index is -0.131. The molecule has 0 unspecified atom stereocenters. The van der Waals surface area contributed by atoms with Gasteiger partial charge in [0.1, 0.15) is 0 Å². The smallest absolute Gasteiger partial charge is 0.253 e. The molecule has 3 aromatic rings. The molecule has 7 nitrogen and oxygen atoms in total. The number of imidazole rings is 1. The molecule has 21 heavy (non-hydrogen) atoms. The van der Waals surface area contributed by atoms with Crippen molar-refractivity contribution in [3.63, 3.8) is 0 Å². The number of hydrogen-bond acceptors (Lipinski definition) is 5. The van der Waals surface area contributed by atoms with E-state index in [0.717, 1.165) is 10.7 Å². The molecule has 3 heterocycles. The monoisotopic (exact) mass is 303 g/mol. The molecular weight excluding hydrogens is 290 g/mol. The topological polar surface area (TPSA) is 81.3 Å². The van der Waals surface area contributed by atoms with E-state index in [9.17, 15) is 9.59 Å². The SMILES string of the molecule is O=C(Cc1cn2ccsc2n1)NCCn1cnccc1=O. The van der Waals surface area contributed by atoms with E-state index in [2.05, 4.69) is 15.3 Å². The molecule has 3 rings (SSSR count). The van der Waals surface area contributed by atoms with Crippen molar-refractivity contribution in [1.82, 2.24) is 24.3 Å². The summed E-state index contributed by atoms with van der Waals surface area (Å²) >= 11 is 1.53. The third kappa shape index (κ3) is 3.16. The Hall–Kier alpha value is -2.48. The van der Waals surface area contributed by atoms with Gasteiger partial charge in [-0.1, -0.05) is 0 Å². The van der Waals surface area contributed by atoms with E-state index < -0.39 is 0 Å². The normalized spacial score (nSPS) is 10.9. The Morgan fingerprint density at radius 3 is 3.14 bits per heavy atom. The van der Waals surface area contributed by atoms with Crippen LogP contribution in [0.3, 0.4) is 0 Å². The Kier molecular flexibility index (Phi) is 3.78. The summed E-state index contributed by atoms with van der Waals surface area (Å²) in [6, 6.07) is 1.39. The van der Waals surface area contributed by atoms with Gasteiger partial charge in [0.05, 0.1) is 18.4 Å². The lowest BCUT2D eigenvalue weighted by atomic mass is 10.3. The highest BCUT2D eigenvalue weighted by Gasteiger charge is 2.08. The summed E-state index contributed by atoms with van der Waals surface area (Å²) in [6.07, 6.45) is 6.89. The zero-order chi connectivity index (χ0) is 14.7. The van der Waals surface area contributed by atoms with Gasteiger partial charge < -0.3 is 5.32 Å². The molecule has 0 aliphatic heterocycles. The fourth-order valence-corrected chi connectivity index (χ4v) is 2.67. The van der Waals surface area contributed by atoms with Crippen LogP contribution in [0, 0.1) is 0 Å². The number of nitrogens with zero attached hydrogens (tertiary/aromatic N) is 4. The summed E-state index contributed by atoms with van der Waals surface area (Å²) in [5.41, 5.74) is 0.603. The van der Waals surface area contributed by atoms with Gasteiger partial charge in [0.2, 0.25) is 5.91 Å². The maximum atomic E-state index is 11.8. The summed E-state index contributed by atoms with van der Waals surface area (Å²) in [7, 11) is 0. The number of carbonyl (C=O) groups excluding carboxylic acids is 1. The molecule has 108 valence electrons. The third-order valence-corrected chi connectivity index (χ3v) is 3.72. The fraction of sp³-hybridized carbons (Fsp3) is 0.231. The first-order chi connectivity index (χ1) is 10.2. The number of hydrogen-bond donors (Lipinski definition) is 1. The molecule has 0 aromatic carbocycles. The Bertz CT molecular complexity index is 790. The van der Waals surface area contributed by atoms with Gasteiger partial charge in [-0.15, -0.1) is 11.3 Å². The van der Waals surface area contributed by atoms with Crippen LogP contribution in [0.5, 0.6) is 0 Å². The van der Waals surface area contributed by atoms with Gasteiger partial charge in [-0.05, 0) is 0 Å². The minimum absolute atomic E-state index is 0.113. The highest BCUT2D eigenvalue weighted by atomic mass is 32.1. The number of amides is 1. The number of aromatic nitrogens is 4. The molecule has 0 aliphatic carbocycles. The van der Waals surface area contributed by atoms with Crippen molar-refractivity contribution in [2.45, 2.75) is 13.0 Å². The molecule has 0 bridgehead atoms. The van der Waals surface area contributed by atoms with Crippen LogP contribution < -0.4 is 10.9 Å². The summed E-state index contributed by atoms with van der Waals surface area (Å²) in [4.78, 5) is 32.4. The predicted octanol–water partition coefficient (Wildman–Crippen LogP) is 0.311. The average molecular weight is 303 g/mol. The van der Waals surface area contributed by atoms with E-state index >= 15 is 0 Å². The van der Waals surface area contributed by atoms with Crippen molar-refractivity contribution in [2.24, 2.45) is 0 Å². The van der Waals surface area contributed by atoms with E-state index in [0.29, 0.717) is 13.1 Å². The van der Waals surface area contributed by atoms with Crippen molar-refractivity contribution < 1.29 is 4.79 Å². The maximum absolute atomic E-state index is 11.8. The van der Waals surface area contributed by atoms with Gasteiger partial charge in [-0.25, -0.2) is 9.97 Å². The first-order valence-corrected chi connectivity index (χ1v) is 7.28. The summed E-state index contributed by atoms with van der Waals surface area (Å²) in [6.45, 7) is 0.781. The molecule has 1 N–H and O–H groups in total. The van der Waals surface area contributed by atoms with E-state index in [1.165, 1.54) is 34.5 Å². The van der Waals surface area contributed by atoms with Crippen LogP contribution in [-0.4, -0.2) is 31.4 Å². The summed E-state index contributed by atoms with van der Waals surface area (Å²) in [5.74, 6) is -0.113. The molecule has 0 radical (unpaired) electrons. The molecule has 1 amide bonds. The lowest BCUT2D eigenvalue weighted by molar-refractivity contribution is -0.120. The molecule has 0 fully saturated rings. The molecule has 3 aromatic heterocycles. The van der Waals surface area contributed by atoms with E-state index in [1.807, 2.05) is 22.2 Å². The molecule has 0 atom stereocenters. The highest BCUT2D eigenvalue weighted by Crippen LogP contribution is 2.11. The second-order valence-electron chi connectivity index (χ2n) is 4.46. The Labute approximate surface area is 123 Å². The summed E-state index contributed by atoms with van der Waals surface area (Å²) in [5, 5.41) is 4.71. The van der Waals surface area contributed by atoms with Crippen molar-refractivity contribution in [2.75, 3.05) is 6.54 Å². The second-order valence-corrected chi connectivity index (χ2v) is 5.34. The maximum Gasteiger partial charge on any atom is 0.253 e. The Morgan fingerprint density at radius 2 is 2.33 bits per heavy atom. The number of rotatable bonds is 5. The molecular formula is C13H13N5O2S. The van der Waals surface area contributed by atoms with Gasteiger partial charge in [0, 0.05) is 43.1 Å². The van der Waals surface area contributed by atoms with Gasteiger partial charge in [-0.2, -0.15) is 0 Å². The minimum Gasteiger partial charge on any atom is -0.354 e. The number of thiazole rings is 1. The lowest BCUT2D eigenvalue weighted by Crippen LogP contribution is -2.31. The van der Waals surface area contributed by atoms with E-state index in [-0.39, 0.29) is 17.9 Å². The first-order valence-electron chi connectivity index (χ1n) is 6.40. The molecule has 8 heteroatoms. The average Bonchev–Trinajstić information content (AvgIpc) is 3.02. The van der Waals surface area contributed by atoms with Crippen LogP contribution in [0.25, 0.3) is 4.96 Å². The van der Waals surface area contributed by atoms with Crippen LogP contribution in [0.15, 0.2) is 41.2 Å². The van der Waals surface area contributed by atoms with Crippen molar-refractivity contribution in [3.05, 3.63) is 52.4 Å². The van der Waals surface area contributed by atoms with Gasteiger partial charge in [0.25, 0.3) is 5.56 Å². The zero-order valence-electron chi connectivity index (χ0n) is 11.1. The van der Waals surface area contributed by atoms with Crippen LogP contribution >= 0.6 is 11.3 Å². The third-order valence-electron chi connectivity index (χ3n) is 2.95.